The van der Waals surface area contributed by atoms with Crippen molar-refractivity contribution in [1.82, 2.24) is 14.8 Å². The van der Waals surface area contributed by atoms with Gasteiger partial charge in [0.15, 0.2) is 0 Å². The Morgan fingerprint density at radius 1 is 1.00 bits per heavy atom. The van der Waals surface area contributed by atoms with E-state index in [2.05, 4.69) is 11.9 Å². The Balaban J connectivity index is 1.67. The Kier molecular flexibility index (Phi) is 8.61. The molecule has 0 spiro atoms. The maximum Gasteiger partial charge on any atom is 0.272 e. The number of benzene rings is 1. The van der Waals surface area contributed by atoms with Crippen LogP contribution in [0.15, 0.2) is 42.5 Å². The summed E-state index contributed by atoms with van der Waals surface area (Å²) in [7, 11) is 0. The topological polar surface area (TPSA) is 88.8 Å². The fourth-order valence-electron chi connectivity index (χ4n) is 5.31. The molecule has 2 aliphatic rings. The normalized spacial score (nSPS) is 21.9. The molecule has 0 radical (unpaired) electrons. The number of rotatable bonds is 3. The predicted octanol–water partition coefficient (Wildman–Crippen LogP) is 4.92. The van der Waals surface area contributed by atoms with Crippen LogP contribution in [0.2, 0.25) is 0 Å². The number of aromatic nitrogens is 1. The van der Waals surface area contributed by atoms with Crippen LogP contribution in [0.25, 0.3) is 0 Å². The van der Waals surface area contributed by atoms with Crippen LogP contribution in [0.1, 0.15) is 85.6 Å². The van der Waals surface area contributed by atoms with Gasteiger partial charge in [-0.05, 0) is 62.8 Å². The van der Waals surface area contributed by atoms with Crippen LogP contribution < -0.4 is 10.5 Å². The molecular weight excluding hydrogens is 440 g/mol. The van der Waals surface area contributed by atoms with E-state index in [0.717, 1.165) is 70.9 Å². The Hall–Kier alpha value is -3.09. The monoisotopic (exact) mass is 478 g/mol. The SMILES string of the molecule is CCCN1CCCCCCN(C(=O)c2cccc(N)n2)[C@@H]2CCCC[C@@H]2Oc2ccccc2C1=O. The number of amides is 2. The molecule has 1 aliphatic carbocycles. The van der Waals surface area contributed by atoms with Gasteiger partial charge in [0.2, 0.25) is 0 Å². The van der Waals surface area contributed by atoms with Crippen LogP contribution in [0.4, 0.5) is 5.82 Å². The van der Waals surface area contributed by atoms with Crippen LogP contribution in [-0.2, 0) is 0 Å². The zero-order chi connectivity index (χ0) is 24.6. The first kappa shape index (κ1) is 25.0. The molecule has 35 heavy (non-hydrogen) atoms. The van der Waals surface area contributed by atoms with Crippen molar-refractivity contribution in [2.24, 2.45) is 0 Å². The highest BCUT2D eigenvalue weighted by molar-refractivity contribution is 5.97. The van der Waals surface area contributed by atoms with E-state index in [4.69, 9.17) is 10.5 Å². The molecule has 1 aliphatic heterocycles. The molecule has 2 N–H and O–H groups in total. The lowest BCUT2D eigenvalue weighted by atomic mass is 9.90. The van der Waals surface area contributed by atoms with Gasteiger partial charge in [-0.3, -0.25) is 9.59 Å². The molecule has 1 aromatic heterocycles. The molecule has 1 fully saturated rings. The van der Waals surface area contributed by atoms with Crippen molar-refractivity contribution in [3.05, 3.63) is 53.7 Å². The minimum absolute atomic E-state index is 0.0313. The molecule has 0 saturated heterocycles. The molecule has 7 nitrogen and oxygen atoms in total. The Labute approximate surface area is 208 Å². The summed E-state index contributed by atoms with van der Waals surface area (Å²) < 4.78 is 6.60. The Bertz CT molecular complexity index is 1010. The number of hydrogen-bond acceptors (Lipinski definition) is 5. The third-order valence-corrected chi connectivity index (χ3v) is 7.07. The minimum Gasteiger partial charge on any atom is -0.487 e. The van der Waals surface area contributed by atoms with Crippen molar-refractivity contribution in [3.8, 4) is 5.75 Å². The smallest absolute Gasteiger partial charge is 0.272 e. The van der Waals surface area contributed by atoms with Crippen molar-refractivity contribution in [2.45, 2.75) is 76.9 Å². The van der Waals surface area contributed by atoms with Gasteiger partial charge < -0.3 is 20.3 Å². The second-order valence-corrected chi connectivity index (χ2v) is 9.66. The number of fused-ring (bicyclic) bond motifs is 2. The van der Waals surface area contributed by atoms with Gasteiger partial charge in [0.1, 0.15) is 23.4 Å². The number of pyridine rings is 1. The summed E-state index contributed by atoms with van der Waals surface area (Å²) in [5, 5.41) is 0. The summed E-state index contributed by atoms with van der Waals surface area (Å²) in [4.78, 5) is 35.4. The lowest BCUT2D eigenvalue weighted by molar-refractivity contribution is 0.0263. The first-order valence-corrected chi connectivity index (χ1v) is 13.2. The van der Waals surface area contributed by atoms with E-state index < -0.39 is 0 Å². The molecular formula is C28H38N4O3. The van der Waals surface area contributed by atoms with Gasteiger partial charge in [-0.25, -0.2) is 4.98 Å². The third-order valence-electron chi connectivity index (χ3n) is 7.07. The standard InChI is InChI=1S/C28H38N4O3/c1-2-18-31-19-9-3-4-10-20-32(28(34)22-13-11-17-26(29)30-22)23-14-6-8-16-25(23)35-24-15-7-5-12-21(24)27(31)33/h5,7,11-13,15,17,23,25H,2-4,6,8-10,14,16,18-20H2,1H3,(H2,29,30)/t23-,25+/m1/s1. The van der Waals surface area contributed by atoms with Gasteiger partial charge >= 0.3 is 0 Å². The highest BCUT2D eigenvalue weighted by Gasteiger charge is 2.36. The average molecular weight is 479 g/mol. The summed E-state index contributed by atoms with van der Waals surface area (Å²) >= 11 is 0. The predicted molar refractivity (Wildman–Crippen MR) is 137 cm³/mol. The van der Waals surface area contributed by atoms with Crippen LogP contribution >= 0.6 is 0 Å². The van der Waals surface area contributed by atoms with E-state index in [9.17, 15) is 9.59 Å². The van der Waals surface area contributed by atoms with E-state index >= 15 is 0 Å². The first-order chi connectivity index (χ1) is 17.1. The van der Waals surface area contributed by atoms with Crippen molar-refractivity contribution in [1.29, 1.82) is 0 Å². The number of nitrogen functional groups attached to an aromatic ring is 1. The highest BCUT2D eigenvalue weighted by atomic mass is 16.5. The lowest BCUT2D eigenvalue weighted by Gasteiger charge is -2.40. The number of nitrogens with two attached hydrogens (primary N) is 1. The highest BCUT2D eigenvalue weighted by Crippen LogP contribution is 2.31. The molecule has 188 valence electrons. The molecule has 2 atom stereocenters. The number of hydrogen-bond donors (Lipinski definition) is 1. The Morgan fingerprint density at radius 2 is 1.77 bits per heavy atom. The quantitative estimate of drug-likeness (QED) is 0.676. The van der Waals surface area contributed by atoms with Crippen LogP contribution in [-0.4, -0.2) is 58.4 Å². The Morgan fingerprint density at radius 3 is 2.57 bits per heavy atom. The molecule has 2 aromatic rings. The van der Waals surface area contributed by atoms with Crippen molar-refractivity contribution < 1.29 is 14.3 Å². The maximum absolute atomic E-state index is 13.7. The van der Waals surface area contributed by atoms with Gasteiger partial charge in [-0.1, -0.05) is 44.4 Å². The zero-order valence-corrected chi connectivity index (χ0v) is 20.8. The van der Waals surface area contributed by atoms with E-state index in [0.29, 0.717) is 29.4 Å². The van der Waals surface area contributed by atoms with E-state index in [1.54, 1.807) is 18.2 Å². The van der Waals surface area contributed by atoms with E-state index in [1.807, 2.05) is 34.1 Å². The summed E-state index contributed by atoms with van der Waals surface area (Å²) in [5.41, 5.74) is 6.87. The number of anilines is 1. The zero-order valence-electron chi connectivity index (χ0n) is 20.8. The summed E-state index contributed by atoms with van der Waals surface area (Å²) in [6.45, 7) is 4.26. The summed E-state index contributed by atoms with van der Waals surface area (Å²) in [6, 6.07) is 12.7. The van der Waals surface area contributed by atoms with Crippen LogP contribution in [0.3, 0.4) is 0 Å². The van der Waals surface area contributed by atoms with Gasteiger partial charge in [0, 0.05) is 19.6 Å². The van der Waals surface area contributed by atoms with Gasteiger partial charge in [-0.2, -0.15) is 0 Å². The van der Waals surface area contributed by atoms with Crippen molar-refractivity contribution >= 4 is 17.6 Å². The molecule has 7 heteroatoms. The molecule has 0 unspecified atom stereocenters. The summed E-state index contributed by atoms with van der Waals surface area (Å²) in [6.07, 6.45) is 8.45. The third kappa shape index (κ3) is 6.13. The maximum atomic E-state index is 13.7. The number of carbonyl (C=O) groups is 2. The molecule has 4 rings (SSSR count). The second kappa shape index (κ2) is 12.0. The van der Waals surface area contributed by atoms with Gasteiger partial charge in [0.25, 0.3) is 11.8 Å². The molecule has 2 heterocycles. The van der Waals surface area contributed by atoms with E-state index in [-0.39, 0.29) is 24.0 Å². The number of nitrogens with zero attached hydrogens (tertiary/aromatic N) is 3. The van der Waals surface area contributed by atoms with Crippen LogP contribution in [0.5, 0.6) is 5.75 Å². The summed E-state index contributed by atoms with van der Waals surface area (Å²) in [5.74, 6) is 0.896. The van der Waals surface area contributed by atoms with E-state index in [1.165, 1.54) is 0 Å². The van der Waals surface area contributed by atoms with Gasteiger partial charge in [-0.15, -0.1) is 0 Å². The van der Waals surface area contributed by atoms with Crippen molar-refractivity contribution in [3.63, 3.8) is 0 Å². The number of ether oxygens (including phenoxy) is 1. The lowest BCUT2D eigenvalue weighted by Crippen LogP contribution is -2.51. The average Bonchev–Trinajstić information content (AvgIpc) is 2.87. The number of carbonyl (C=O) groups excluding carboxylic acids is 2. The molecule has 1 aromatic carbocycles. The van der Waals surface area contributed by atoms with Gasteiger partial charge in [0.05, 0.1) is 11.6 Å². The number of para-hydroxylation sites is 1. The minimum atomic E-state index is -0.176. The largest absolute Gasteiger partial charge is 0.487 e. The molecule has 2 amide bonds. The second-order valence-electron chi connectivity index (χ2n) is 9.66. The van der Waals surface area contributed by atoms with Crippen LogP contribution in [0, 0.1) is 0 Å². The van der Waals surface area contributed by atoms with Crippen molar-refractivity contribution in [2.75, 3.05) is 25.4 Å². The fraction of sp³-hybridized carbons (Fsp3) is 0.536. The fourth-order valence-corrected chi connectivity index (χ4v) is 5.31. The molecule has 1 saturated carbocycles. The first-order valence-electron chi connectivity index (χ1n) is 13.2. The molecule has 0 bridgehead atoms.